The monoisotopic (exact) mass is 439 g/mol. The third-order valence-corrected chi connectivity index (χ3v) is 5.33. The minimum absolute atomic E-state index is 0.153. The molecule has 0 aliphatic carbocycles. The van der Waals surface area contributed by atoms with Crippen LogP contribution in [0.15, 0.2) is 72.8 Å². The van der Waals surface area contributed by atoms with E-state index in [1.165, 1.54) is 11.8 Å². The average molecular weight is 440 g/mol. The van der Waals surface area contributed by atoms with Crippen LogP contribution in [0.2, 0.25) is 5.02 Å². The summed E-state index contributed by atoms with van der Waals surface area (Å²) >= 11 is 7.18. The van der Waals surface area contributed by atoms with E-state index in [4.69, 9.17) is 11.6 Å². The second-order valence-electron chi connectivity index (χ2n) is 6.62. The Morgan fingerprint density at radius 3 is 2.07 bits per heavy atom. The zero-order valence-electron chi connectivity index (χ0n) is 16.4. The Labute approximate surface area is 185 Å². The molecule has 3 aromatic carbocycles. The summed E-state index contributed by atoms with van der Waals surface area (Å²) in [6.07, 6.45) is 0. The number of halogens is 1. The van der Waals surface area contributed by atoms with E-state index in [2.05, 4.69) is 16.0 Å². The van der Waals surface area contributed by atoms with Crippen molar-refractivity contribution in [2.24, 2.45) is 0 Å². The first-order chi connectivity index (χ1) is 14.5. The topological polar surface area (TPSA) is 70.2 Å². The second kappa shape index (κ2) is 10.7. The van der Waals surface area contributed by atoms with Crippen LogP contribution in [-0.4, -0.2) is 23.3 Å². The number of hydrogen-bond acceptors (Lipinski definition) is 4. The molecule has 30 heavy (non-hydrogen) atoms. The maximum atomic E-state index is 12.1. The lowest BCUT2D eigenvalue weighted by molar-refractivity contribution is -0.114. The van der Waals surface area contributed by atoms with Gasteiger partial charge in [-0.15, -0.1) is 11.8 Å². The van der Waals surface area contributed by atoms with Crippen molar-refractivity contribution in [2.75, 3.05) is 27.5 Å². The number of para-hydroxylation sites is 1. The predicted octanol–water partition coefficient (Wildman–Crippen LogP) is 5.70. The fourth-order valence-electron chi connectivity index (χ4n) is 2.71. The van der Waals surface area contributed by atoms with Gasteiger partial charge < -0.3 is 16.0 Å². The molecule has 7 heteroatoms. The summed E-state index contributed by atoms with van der Waals surface area (Å²) < 4.78 is 0. The Morgan fingerprint density at radius 2 is 1.40 bits per heavy atom. The van der Waals surface area contributed by atoms with Gasteiger partial charge in [0.15, 0.2) is 0 Å². The first-order valence-electron chi connectivity index (χ1n) is 9.35. The number of nitrogens with one attached hydrogen (secondary N) is 3. The molecule has 0 heterocycles. The number of carbonyl (C=O) groups is 2. The maximum Gasteiger partial charge on any atom is 0.234 e. The van der Waals surface area contributed by atoms with E-state index in [1.807, 2.05) is 61.5 Å². The first kappa shape index (κ1) is 21.7. The van der Waals surface area contributed by atoms with E-state index >= 15 is 0 Å². The zero-order valence-corrected chi connectivity index (χ0v) is 18.0. The van der Waals surface area contributed by atoms with Gasteiger partial charge in [0.05, 0.1) is 11.5 Å². The van der Waals surface area contributed by atoms with Crippen LogP contribution < -0.4 is 16.0 Å². The van der Waals surface area contributed by atoms with Crippen molar-refractivity contribution >= 4 is 57.9 Å². The lowest BCUT2D eigenvalue weighted by atomic mass is 10.2. The fraction of sp³-hybridized carbons (Fsp3) is 0.130. The van der Waals surface area contributed by atoms with Gasteiger partial charge in [0.25, 0.3) is 0 Å². The highest BCUT2D eigenvalue weighted by Gasteiger charge is 2.08. The smallest absolute Gasteiger partial charge is 0.234 e. The van der Waals surface area contributed by atoms with Gasteiger partial charge in [-0.2, -0.15) is 0 Å². The average Bonchev–Trinajstić information content (AvgIpc) is 2.72. The Hall–Kier alpha value is -2.96. The molecule has 0 saturated carbocycles. The lowest BCUT2D eigenvalue weighted by Crippen LogP contribution is -2.18. The first-order valence-corrected chi connectivity index (χ1v) is 10.9. The van der Waals surface area contributed by atoms with Crippen LogP contribution >= 0.6 is 23.4 Å². The molecule has 0 atom stereocenters. The molecule has 2 amide bonds. The molecule has 0 saturated heterocycles. The van der Waals surface area contributed by atoms with Crippen molar-refractivity contribution < 1.29 is 9.59 Å². The number of hydrogen-bond donors (Lipinski definition) is 3. The quantitative estimate of drug-likeness (QED) is 0.421. The molecule has 0 unspecified atom stereocenters. The maximum absolute atomic E-state index is 12.1. The molecule has 0 aromatic heterocycles. The molecule has 0 aliphatic rings. The van der Waals surface area contributed by atoms with Crippen molar-refractivity contribution in [3.63, 3.8) is 0 Å². The number of anilines is 4. The number of rotatable bonds is 8. The third-order valence-electron chi connectivity index (χ3n) is 4.16. The van der Waals surface area contributed by atoms with Gasteiger partial charge in [0.2, 0.25) is 11.8 Å². The van der Waals surface area contributed by atoms with Crippen LogP contribution in [0.1, 0.15) is 5.56 Å². The van der Waals surface area contributed by atoms with Crippen molar-refractivity contribution in [3.05, 3.63) is 83.4 Å². The van der Waals surface area contributed by atoms with Crippen LogP contribution in [0.3, 0.4) is 0 Å². The Morgan fingerprint density at radius 1 is 0.800 bits per heavy atom. The summed E-state index contributed by atoms with van der Waals surface area (Å²) in [6, 6.07) is 22.6. The molecule has 0 radical (unpaired) electrons. The van der Waals surface area contributed by atoms with E-state index in [1.54, 1.807) is 18.2 Å². The molecule has 0 fully saturated rings. The molecule has 3 N–H and O–H groups in total. The van der Waals surface area contributed by atoms with Crippen molar-refractivity contribution in [1.29, 1.82) is 0 Å². The summed E-state index contributed by atoms with van der Waals surface area (Å²) in [7, 11) is 0. The third kappa shape index (κ3) is 6.83. The van der Waals surface area contributed by atoms with Crippen molar-refractivity contribution in [3.8, 4) is 0 Å². The normalized spacial score (nSPS) is 10.3. The summed E-state index contributed by atoms with van der Waals surface area (Å²) in [6.45, 7) is 1.88. The highest BCUT2D eigenvalue weighted by molar-refractivity contribution is 8.00. The number of thioether (sulfide) groups is 1. The number of aryl methyl sites for hydroxylation is 1. The van der Waals surface area contributed by atoms with Gasteiger partial charge in [-0.1, -0.05) is 29.8 Å². The van der Waals surface area contributed by atoms with Crippen molar-refractivity contribution in [2.45, 2.75) is 6.92 Å². The number of amides is 2. The van der Waals surface area contributed by atoms with Gasteiger partial charge >= 0.3 is 0 Å². The van der Waals surface area contributed by atoms with Gasteiger partial charge in [-0.3, -0.25) is 9.59 Å². The second-order valence-corrected chi connectivity index (χ2v) is 8.04. The minimum atomic E-state index is -0.158. The molecule has 0 aliphatic heterocycles. The highest BCUT2D eigenvalue weighted by Crippen LogP contribution is 2.20. The molecule has 3 rings (SSSR count). The largest absolute Gasteiger partial charge is 0.356 e. The minimum Gasteiger partial charge on any atom is -0.356 e. The van der Waals surface area contributed by atoms with Gasteiger partial charge in [0, 0.05) is 27.8 Å². The standard InChI is InChI=1S/C23H22ClN3O2S/c1-16-13-17(24)7-12-21(16)27-23(29)15-30-14-22(28)26-20-10-8-19(9-11-20)25-18-5-3-2-4-6-18/h2-13,25H,14-15H2,1H3,(H,26,28)(H,27,29). The summed E-state index contributed by atoms with van der Waals surface area (Å²) in [5.41, 5.74) is 4.25. The van der Waals surface area contributed by atoms with Crippen LogP contribution in [0.5, 0.6) is 0 Å². The van der Waals surface area contributed by atoms with Crippen LogP contribution in [0.4, 0.5) is 22.7 Å². The Balaban J connectivity index is 1.40. The Bertz CT molecular complexity index is 1010. The summed E-state index contributed by atoms with van der Waals surface area (Å²) in [5.74, 6) is 0.0701. The lowest BCUT2D eigenvalue weighted by Gasteiger charge is -2.10. The van der Waals surface area contributed by atoms with Gasteiger partial charge in [0.1, 0.15) is 0 Å². The predicted molar refractivity (Wildman–Crippen MR) is 127 cm³/mol. The van der Waals surface area contributed by atoms with Gasteiger partial charge in [-0.25, -0.2) is 0 Å². The van der Waals surface area contributed by atoms with Crippen LogP contribution in [-0.2, 0) is 9.59 Å². The van der Waals surface area contributed by atoms with E-state index in [0.29, 0.717) is 10.7 Å². The summed E-state index contributed by atoms with van der Waals surface area (Å²) in [4.78, 5) is 24.2. The van der Waals surface area contributed by atoms with Gasteiger partial charge in [-0.05, 0) is 67.1 Å². The molecule has 5 nitrogen and oxygen atoms in total. The molecule has 0 spiro atoms. The highest BCUT2D eigenvalue weighted by atomic mass is 35.5. The molecule has 0 bridgehead atoms. The van der Waals surface area contributed by atoms with E-state index in [-0.39, 0.29) is 23.3 Å². The molecular weight excluding hydrogens is 418 g/mol. The SMILES string of the molecule is Cc1cc(Cl)ccc1NC(=O)CSCC(=O)Nc1ccc(Nc2ccccc2)cc1. The fourth-order valence-corrected chi connectivity index (χ4v) is 3.56. The van der Waals surface area contributed by atoms with E-state index in [9.17, 15) is 9.59 Å². The van der Waals surface area contributed by atoms with Crippen molar-refractivity contribution in [1.82, 2.24) is 0 Å². The molecular formula is C23H22ClN3O2S. The van der Waals surface area contributed by atoms with Crippen LogP contribution in [0, 0.1) is 6.92 Å². The zero-order chi connectivity index (χ0) is 21.3. The number of carbonyl (C=O) groups excluding carboxylic acids is 2. The Kier molecular flexibility index (Phi) is 7.76. The van der Waals surface area contributed by atoms with Crippen LogP contribution in [0.25, 0.3) is 0 Å². The number of benzene rings is 3. The summed E-state index contributed by atoms with van der Waals surface area (Å²) in [5, 5.41) is 9.58. The molecule has 154 valence electrons. The van der Waals surface area contributed by atoms with E-state index in [0.717, 1.165) is 22.6 Å². The molecule has 3 aromatic rings. The van der Waals surface area contributed by atoms with E-state index < -0.39 is 0 Å².